The Morgan fingerprint density at radius 3 is 2.09 bits per heavy atom. The summed E-state index contributed by atoms with van der Waals surface area (Å²) in [6.07, 6.45) is 7.69. The van der Waals surface area contributed by atoms with E-state index in [1.165, 1.54) is 44.1 Å². The third-order valence-corrected chi connectivity index (χ3v) is 9.11. The van der Waals surface area contributed by atoms with Crippen molar-refractivity contribution in [3.63, 3.8) is 0 Å². The lowest BCUT2D eigenvalue weighted by atomic mass is 9.48. The summed E-state index contributed by atoms with van der Waals surface area (Å²) in [4.78, 5) is 40.0. The summed E-state index contributed by atoms with van der Waals surface area (Å²) in [5.41, 5.74) is 0.941. The van der Waals surface area contributed by atoms with Crippen molar-refractivity contribution in [3.05, 3.63) is 35.4 Å². The number of imide groups is 1. The summed E-state index contributed by atoms with van der Waals surface area (Å²) in [6, 6.07) is 7.33. The van der Waals surface area contributed by atoms with E-state index in [1.54, 1.807) is 6.92 Å². The van der Waals surface area contributed by atoms with Gasteiger partial charge in [0.15, 0.2) is 0 Å². The first-order chi connectivity index (χ1) is 15.6. The molecule has 5 aliphatic rings. The summed E-state index contributed by atoms with van der Waals surface area (Å²) in [7, 11) is 0. The Labute approximate surface area is 196 Å². The van der Waals surface area contributed by atoms with E-state index < -0.39 is 11.6 Å². The zero-order valence-corrected chi connectivity index (χ0v) is 20.3. The topological polar surface area (TPSA) is 78.5 Å². The number of hydrogen-bond acceptors (Lipinski definition) is 3. The fourth-order valence-corrected chi connectivity index (χ4v) is 7.53. The van der Waals surface area contributed by atoms with Gasteiger partial charge in [-0.2, -0.15) is 0 Å². The molecular weight excluding hydrogens is 414 g/mol. The third-order valence-electron chi connectivity index (χ3n) is 9.11. The van der Waals surface area contributed by atoms with Gasteiger partial charge in [0, 0.05) is 6.04 Å². The minimum Gasteiger partial charge on any atom is -0.352 e. The number of urea groups is 1. The van der Waals surface area contributed by atoms with Crippen LogP contribution in [0.5, 0.6) is 0 Å². The number of amides is 4. The van der Waals surface area contributed by atoms with Gasteiger partial charge in [-0.25, -0.2) is 4.79 Å². The maximum absolute atomic E-state index is 13.3. The molecule has 1 heterocycles. The molecule has 178 valence electrons. The molecule has 4 bridgehead atoms. The second kappa shape index (κ2) is 7.85. The van der Waals surface area contributed by atoms with Crippen LogP contribution in [0.3, 0.4) is 0 Å². The first-order valence-electron chi connectivity index (χ1n) is 12.6. The SMILES string of the molecule is CC(C)c1ccc(C2(C)NC(=O)N(CC(=O)NC(C)C34CC5CC(CC(C5)C3)C4)C2=O)cc1. The van der Waals surface area contributed by atoms with Crippen molar-refractivity contribution in [2.45, 2.75) is 83.7 Å². The number of carbonyl (C=O) groups excluding carboxylic acids is 3. The monoisotopic (exact) mass is 451 g/mol. The second-order valence-corrected chi connectivity index (χ2v) is 11.8. The molecule has 33 heavy (non-hydrogen) atoms. The summed E-state index contributed by atoms with van der Waals surface area (Å²) in [6.45, 7) is 7.83. The van der Waals surface area contributed by atoms with Gasteiger partial charge in [-0.05, 0) is 92.6 Å². The van der Waals surface area contributed by atoms with Crippen LogP contribution in [0.25, 0.3) is 0 Å². The molecule has 1 saturated heterocycles. The standard InChI is InChI=1S/C27H37N3O3/c1-16(2)21-5-7-22(8-6-21)26(4)24(32)30(25(33)29-26)15-23(31)28-17(3)27-12-18-9-19(13-27)11-20(10-18)14-27/h5-8,16-20H,9-15H2,1-4H3,(H,28,31)(H,29,33). The van der Waals surface area contributed by atoms with Crippen LogP contribution in [0, 0.1) is 23.2 Å². The Morgan fingerprint density at radius 1 is 1.03 bits per heavy atom. The summed E-state index contributed by atoms with van der Waals surface area (Å²) in [5.74, 6) is 2.19. The van der Waals surface area contributed by atoms with E-state index in [4.69, 9.17) is 0 Å². The van der Waals surface area contributed by atoms with E-state index >= 15 is 0 Å². The highest BCUT2D eigenvalue weighted by Gasteiger charge is 2.54. The quantitative estimate of drug-likeness (QED) is 0.633. The number of carbonyl (C=O) groups is 3. The number of benzene rings is 1. The highest BCUT2D eigenvalue weighted by atomic mass is 16.2. The van der Waals surface area contributed by atoms with E-state index in [-0.39, 0.29) is 29.8 Å². The molecule has 0 radical (unpaired) electrons. The highest BCUT2D eigenvalue weighted by molar-refractivity contribution is 6.09. The lowest BCUT2D eigenvalue weighted by Gasteiger charge is -2.59. The maximum Gasteiger partial charge on any atom is 0.325 e. The van der Waals surface area contributed by atoms with Crippen LogP contribution < -0.4 is 10.6 Å². The van der Waals surface area contributed by atoms with Gasteiger partial charge in [0.2, 0.25) is 5.91 Å². The lowest BCUT2D eigenvalue weighted by molar-refractivity contribution is -0.136. The molecule has 2 N–H and O–H groups in total. The molecule has 4 amide bonds. The molecule has 6 heteroatoms. The Morgan fingerprint density at radius 2 is 1.58 bits per heavy atom. The minimum atomic E-state index is -1.15. The molecule has 1 aromatic carbocycles. The average Bonchev–Trinajstić information content (AvgIpc) is 2.96. The number of hydrogen-bond donors (Lipinski definition) is 2. The van der Waals surface area contributed by atoms with Gasteiger partial charge in [0.25, 0.3) is 5.91 Å². The van der Waals surface area contributed by atoms with Crippen molar-refractivity contribution in [3.8, 4) is 0 Å². The van der Waals surface area contributed by atoms with Crippen molar-refractivity contribution in [2.24, 2.45) is 23.2 Å². The molecule has 1 aromatic rings. The molecular formula is C27H37N3O3. The Balaban J connectivity index is 1.25. The molecule has 4 aliphatic carbocycles. The number of rotatable bonds is 6. The lowest BCUT2D eigenvalue weighted by Crippen LogP contribution is -2.57. The van der Waals surface area contributed by atoms with E-state index in [1.807, 2.05) is 24.3 Å². The number of nitrogens with one attached hydrogen (secondary N) is 2. The molecule has 4 saturated carbocycles. The molecule has 0 aromatic heterocycles. The van der Waals surface area contributed by atoms with Crippen LogP contribution >= 0.6 is 0 Å². The van der Waals surface area contributed by atoms with Gasteiger partial charge < -0.3 is 10.6 Å². The highest BCUT2D eigenvalue weighted by Crippen LogP contribution is 2.61. The van der Waals surface area contributed by atoms with Crippen LogP contribution in [-0.2, 0) is 15.1 Å². The van der Waals surface area contributed by atoms with Gasteiger partial charge in [-0.3, -0.25) is 14.5 Å². The molecule has 2 unspecified atom stereocenters. The van der Waals surface area contributed by atoms with Gasteiger partial charge in [-0.15, -0.1) is 0 Å². The Kier molecular flexibility index (Phi) is 5.33. The van der Waals surface area contributed by atoms with Crippen LogP contribution in [0.1, 0.15) is 83.3 Å². The van der Waals surface area contributed by atoms with Crippen LogP contribution in [-0.4, -0.2) is 35.3 Å². The zero-order chi connectivity index (χ0) is 23.5. The van der Waals surface area contributed by atoms with Gasteiger partial charge in [0.1, 0.15) is 12.1 Å². The number of nitrogens with zero attached hydrogens (tertiary/aromatic N) is 1. The van der Waals surface area contributed by atoms with Gasteiger partial charge >= 0.3 is 6.03 Å². The summed E-state index contributed by atoms with van der Waals surface area (Å²) in [5, 5.41) is 6.00. The smallest absolute Gasteiger partial charge is 0.325 e. The van der Waals surface area contributed by atoms with E-state index in [0.717, 1.165) is 28.2 Å². The van der Waals surface area contributed by atoms with Crippen LogP contribution in [0.4, 0.5) is 4.79 Å². The molecule has 2 atom stereocenters. The predicted octanol–water partition coefficient (Wildman–Crippen LogP) is 4.30. The van der Waals surface area contributed by atoms with Crippen molar-refractivity contribution in [2.75, 3.05) is 6.54 Å². The van der Waals surface area contributed by atoms with Crippen LogP contribution in [0.15, 0.2) is 24.3 Å². The van der Waals surface area contributed by atoms with Crippen LogP contribution in [0.2, 0.25) is 0 Å². The van der Waals surface area contributed by atoms with E-state index in [0.29, 0.717) is 5.92 Å². The first-order valence-corrected chi connectivity index (χ1v) is 12.6. The van der Waals surface area contributed by atoms with Crippen molar-refractivity contribution >= 4 is 17.8 Å². The van der Waals surface area contributed by atoms with Crippen molar-refractivity contribution in [1.29, 1.82) is 0 Å². The summed E-state index contributed by atoms with van der Waals surface area (Å²) >= 11 is 0. The second-order valence-electron chi connectivity index (χ2n) is 11.8. The van der Waals surface area contributed by atoms with Crippen molar-refractivity contribution < 1.29 is 14.4 Å². The molecule has 6 rings (SSSR count). The average molecular weight is 452 g/mol. The Hall–Kier alpha value is -2.37. The fraction of sp³-hybridized carbons (Fsp3) is 0.667. The Bertz CT molecular complexity index is 934. The zero-order valence-electron chi connectivity index (χ0n) is 20.3. The molecule has 5 fully saturated rings. The van der Waals surface area contributed by atoms with Gasteiger partial charge in [0.05, 0.1) is 0 Å². The maximum atomic E-state index is 13.3. The minimum absolute atomic E-state index is 0.0640. The fourth-order valence-electron chi connectivity index (χ4n) is 7.53. The van der Waals surface area contributed by atoms with E-state index in [2.05, 4.69) is 31.4 Å². The third kappa shape index (κ3) is 3.75. The summed E-state index contributed by atoms with van der Waals surface area (Å²) < 4.78 is 0. The normalized spacial score (nSPS) is 35.8. The van der Waals surface area contributed by atoms with E-state index in [9.17, 15) is 14.4 Å². The molecule has 6 nitrogen and oxygen atoms in total. The molecule has 1 aliphatic heterocycles. The largest absolute Gasteiger partial charge is 0.352 e. The molecule has 0 spiro atoms. The van der Waals surface area contributed by atoms with Crippen molar-refractivity contribution in [1.82, 2.24) is 15.5 Å². The van der Waals surface area contributed by atoms with Gasteiger partial charge in [-0.1, -0.05) is 38.1 Å². The predicted molar refractivity (Wildman–Crippen MR) is 126 cm³/mol. The first kappa shape index (κ1) is 22.4.